The molecule has 22 heavy (non-hydrogen) atoms. The van der Waals surface area contributed by atoms with Crippen molar-refractivity contribution >= 4 is 12.4 Å². The SMILES string of the molecule is CC(C)(C)c1cc([C@@H]2CCCCN2)c(O)c(C(C)(C)C)c1.Cl. The third-order valence-corrected chi connectivity index (χ3v) is 4.50. The number of benzene rings is 1. The monoisotopic (exact) mass is 325 g/mol. The molecule has 1 heterocycles. The summed E-state index contributed by atoms with van der Waals surface area (Å²) in [6, 6.07) is 4.71. The molecule has 1 saturated heterocycles. The highest BCUT2D eigenvalue weighted by Gasteiger charge is 2.28. The van der Waals surface area contributed by atoms with Gasteiger partial charge in [0.1, 0.15) is 5.75 Å². The third kappa shape index (κ3) is 4.17. The highest BCUT2D eigenvalue weighted by atomic mass is 35.5. The van der Waals surface area contributed by atoms with Crippen LogP contribution in [0.1, 0.15) is 83.5 Å². The summed E-state index contributed by atoms with van der Waals surface area (Å²) in [7, 11) is 0. The van der Waals surface area contributed by atoms with Crippen molar-refractivity contribution in [3.63, 3.8) is 0 Å². The van der Waals surface area contributed by atoms with Crippen molar-refractivity contribution in [2.45, 2.75) is 77.7 Å². The molecular weight excluding hydrogens is 294 g/mol. The molecule has 0 amide bonds. The number of aromatic hydroxyl groups is 1. The van der Waals surface area contributed by atoms with E-state index in [1.54, 1.807) is 0 Å². The standard InChI is InChI=1S/C19H31NO.ClH/c1-18(2,3)13-11-14(16-9-7-8-10-20-16)17(21)15(12-13)19(4,5)6;/h11-12,16,20-21H,7-10H2,1-6H3;1H/t16-;/m0./s1. The summed E-state index contributed by atoms with van der Waals surface area (Å²) in [6.45, 7) is 14.3. The lowest BCUT2D eigenvalue weighted by Crippen LogP contribution is -2.28. The molecule has 0 spiro atoms. The number of phenols is 1. The Bertz CT molecular complexity index is 505. The van der Waals surface area contributed by atoms with E-state index in [0.717, 1.165) is 24.1 Å². The van der Waals surface area contributed by atoms with E-state index in [9.17, 15) is 5.11 Å². The molecule has 3 heteroatoms. The first-order valence-corrected chi connectivity index (χ1v) is 8.22. The summed E-state index contributed by atoms with van der Waals surface area (Å²) in [4.78, 5) is 0. The van der Waals surface area contributed by atoms with Gasteiger partial charge in [-0.25, -0.2) is 0 Å². The van der Waals surface area contributed by atoms with Gasteiger partial charge >= 0.3 is 0 Å². The minimum Gasteiger partial charge on any atom is -0.507 e. The van der Waals surface area contributed by atoms with Gasteiger partial charge in [0.05, 0.1) is 0 Å². The third-order valence-electron chi connectivity index (χ3n) is 4.50. The molecule has 1 aromatic carbocycles. The van der Waals surface area contributed by atoms with Gasteiger partial charge in [-0.2, -0.15) is 0 Å². The Balaban J connectivity index is 0.00000242. The van der Waals surface area contributed by atoms with E-state index in [2.05, 4.69) is 59.0 Å². The van der Waals surface area contributed by atoms with E-state index < -0.39 is 0 Å². The molecule has 0 saturated carbocycles. The highest BCUT2D eigenvalue weighted by Crippen LogP contribution is 2.41. The molecular formula is C19H32ClNO. The maximum absolute atomic E-state index is 10.8. The topological polar surface area (TPSA) is 32.3 Å². The molecule has 1 fully saturated rings. The van der Waals surface area contributed by atoms with Crippen molar-refractivity contribution in [1.82, 2.24) is 5.32 Å². The number of rotatable bonds is 1. The molecule has 2 N–H and O–H groups in total. The normalized spacial score (nSPS) is 19.6. The predicted octanol–water partition coefficient (Wildman–Crippen LogP) is 5.22. The lowest BCUT2D eigenvalue weighted by atomic mass is 9.77. The number of nitrogens with one attached hydrogen (secondary N) is 1. The van der Waals surface area contributed by atoms with E-state index in [0.29, 0.717) is 11.8 Å². The fraction of sp³-hybridized carbons (Fsp3) is 0.684. The van der Waals surface area contributed by atoms with Crippen molar-refractivity contribution in [2.24, 2.45) is 0 Å². The van der Waals surface area contributed by atoms with Gasteiger partial charge in [0.2, 0.25) is 0 Å². The Hall–Kier alpha value is -0.730. The summed E-state index contributed by atoms with van der Waals surface area (Å²) in [5.74, 6) is 0.495. The van der Waals surface area contributed by atoms with Gasteiger partial charge in [-0.05, 0) is 47.4 Å². The number of piperidine rings is 1. The number of hydrogen-bond acceptors (Lipinski definition) is 2. The molecule has 1 aliphatic heterocycles. The van der Waals surface area contributed by atoms with Crippen LogP contribution in [0.5, 0.6) is 5.75 Å². The van der Waals surface area contributed by atoms with Gasteiger partial charge in [-0.15, -0.1) is 12.4 Å². The van der Waals surface area contributed by atoms with Crippen molar-refractivity contribution in [3.8, 4) is 5.75 Å². The fourth-order valence-electron chi connectivity index (χ4n) is 3.04. The van der Waals surface area contributed by atoms with E-state index in [1.807, 2.05) is 0 Å². The first-order valence-electron chi connectivity index (χ1n) is 8.22. The smallest absolute Gasteiger partial charge is 0.124 e. The molecule has 2 rings (SSSR count). The average Bonchev–Trinajstić information content (AvgIpc) is 2.37. The second kappa shape index (κ2) is 6.80. The minimum atomic E-state index is -0.0469. The summed E-state index contributed by atoms with van der Waals surface area (Å²) >= 11 is 0. The molecule has 1 atom stereocenters. The lowest BCUT2D eigenvalue weighted by molar-refractivity contribution is 0.382. The molecule has 1 aromatic rings. The van der Waals surface area contributed by atoms with Crippen molar-refractivity contribution < 1.29 is 5.11 Å². The highest BCUT2D eigenvalue weighted by molar-refractivity contribution is 5.85. The van der Waals surface area contributed by atoms with E-state index in [-0.39, 0.29) is 23.2 Å². The molecule has 0 aromatic heterocycles. The van der Waals surface area contributed by atoms with Crippen LogP contribution in [-0.4, -0.2) is 11.7 Å². The molecule has 0 radical (unpaired) electrons. The molecule has 2 nitrogen and oxygen atoms in total. The Kier molecular flexibility index (Phi) is 5.97. The summed E-state index contributed by atoms with van der Waals surface area (Å²) in [5.41, 5.74) is 3.52. The minimum absolute atomic E-state index is 0. The fourth-order valence-corrected chi connectivity index (χ4v) is 3.04. The van der Waals surface area contributed by atoms with E-state index >= 15 is 0 Å². The lowest BCUT2D eigenvalue weighted by Gasteiger charge is -2.31. The van der Waals surface area contributed by atoms with Gasteiger partial charge in [-0.3, -0.25) is 0 Å². The Morgan fingerprint density at radius 1 is 1.00 bits per heavy atom. The Morgan fingerprint density at radius 3 is 2.09 bits per heavy atom. The van der Waals surface area contributed by atoms with Crippen LogP contribution in [0.25, 0.3) is 0 Å². The number of hydrogen-bond donors (Lipinski definition) is 2. The second-order valence-corrected chi connectivity index (χ2v) is 8.46. The molecule has 0 aliphatic carbocycles. The van der Waals surface area contributed by atoms with Crippen molar-refractivity contribution in [3.05, 3.63) is 28.8 Å². The van der Waals surface area contributed by atoms with E-state index in [1.165, 1.54) is 18.4 Å². The van der Waals surface area contributed by atoms with Crippen LogP contribution in [0.3, 0.4) is 0 Å². The van der Waals surface area contributed by atoms with Crippen LogP contribution >= 0.6 is 12.4 Å². The largest absolute Gasteiger partial charge is 0.507 e. The quantitative estimate of drug-likeness (QED) is 0.741. The predicted molar refractivity (Wildman–Crippen MR) is 97.3 cm³/mol. The second-order valence-electron chi connectivity index (χ2n) is 8.46. The first-order chi connectivity index (χ1) is 9.60. The first kappa shape index (κ1) is 19.3. The van der Waals surface area contributed by atoms with Gasteiger partial charge in [0.15, 0.2) is 0 Å². The van der Waals surface area contributed by atoms with E-state index in [4.69, 9.17) is 0 Å². The van der Waals surface area contributed by atoms with Gasteiger partial charge < -0.3 is 10.4 Å². The van der Waals surface area contributed by atoms with Crippen molar-refractivity contribution in [1.29, 1.82) is 0 Å². The number of phenolic OH excluding ortho intramolecular Hbond substituents is 1. The van der Waals surface area contributed by atoms with Gasteiger partial charge in [0, 0.05) is 11.6 Å². The maximum atomic E-state index is 10.8. The maximum Gasteiger partial charge on any atom is 0.124 e. The summed E-state index contributed by atoms with van der Waals surface area (Å²) in [5, 5.41) is 14.4. The van der Waals surface area contributed by atoms with Gasteiger partial charge in [0.25, 0.3) is 0 Å². The number of halogens is 1. The van der Waals surface area contributed by atoms with Crippen LogP contribution in [0.15, 0.2) is 12.1 Å². The zero-order valence-electron chi connectivity index (χ0n) is 14.9. The van der Waals surface area contributed by atoms with Crippen LogP contribution in [0.4, 0.5) is 0 Å². The van der Waals surface area contributed by atoms with Crippen LogP contribution in [0, 0.1) is 0 Å². The Morgan fingerprint density at radius 2 is 1.64 bits per heavy atom. The zero-order valence-corrected chi connectivity index (χ0v) is 15.7. The molecule has 0 unspecified atom stereocenters. The molecule has 126 valence electrons. The van der Waals surface area contributed by atoms with Crippen LogP contribution in [0.2, 0.25) is 0 Å². The Labute approximate surface area is 142 Å². The van der Waals surface area contributed by atoms with Gasteiger partial charge in [-0.1, -0.05) is 54.0 Å². The summed E-state index contributed by atoms with van der Waals surface area (Å²) in [6.07, 6.45) is 3.59. The van der Waals surface area contributed by atoms with Crippen molar-refractivity contribution in [2.75, 3.05) is 6.54 Å². The average molecular weight is 326 g/mol. The van der Waals surface area contributed by atoms with Crippen LogP contribution < -0.4 is 5.32 Å². The molecule has 0 bridgehead atoms. The zero-order chi connectivity index (χ0) is 15.8. The summed E-state index contributed by atoms with van der Waals surface area (Å²) < 4.78 is 0. The molecule has 1 aliphatic rings. The van der Waals surface area contributed by atoms with Crippen LogP contribution in [-0.2, 0) is 10.8 Å².